The SMILES string of the molecule is Cc1c(C)c2c(c(C)c1OC(=O)CCC(=O)Oc1ccc(CC(=O)OCCC3CCN(CCSSCCN4CCC(CCOC(=O)Cc5ccc(OC(=O)CCC(=O)Oc6c(C)c(C)c7c(c6C)CCC(C)(CCCC(C)CCCC(C)CCCC(C)C)O7)cc5)CC4)CC3)cc1)CCC(C)(CCCC(C)CCCC(C)CCCC(C)C)O2. The molecule has 4 aromatic rings. The highest BCUT2D eigenvalue weighted by atomic mass is 33.1. The largest absolute Gasteiger partial charge is 0.487 e. The second-order valence-corrected chi connectivity index (χ2v) is 40.3. The van der Waals surface area contributed by atoms with Gasteiger partial charge in [0.25, 0.3) is 0 Å². The molecule has 0 aliphatic carbocycles. The summed E-state index contributed by atoms with van der Waals surface area (Å²) >= 11 is 0. The Morgan fingerprint density at radius 2 is 0.720 bits per heavy atom. The Bertz CT molecular complexity index is 3540. The molecule has 118 heavy (non-hydrogen) atoms. The van der Waals surface area contributed by atoms with Crippen LogP contribution in [0.4, 0.5) is 0 Å². The van der Waals surface area contributed by atoms with Crippen LogP contribution < -0.4 is 28.4 Å². The minimum absolute atomic E-state index is 0.120. The average molecular weight is 1670 g/mol. The summed E-state index contributed by atoms with van der Waals surface area (Å²) in [4.78, 5) is 83.1. The van der Waals surface area contributed by atoms with Gasteiger partial charge in [-0.1, -0.05) is 191 Å². The Morgan fingerprint density at radius 3 is 1.05 bits per heavy atom. The maximum Gasteiger partial charge on any atom is 0.311 e. The second-order valence-electron chi connectivity index (χ2n) is 37.6. The standard InChI is InChI=1S/C100H152N2O14S2/c1-69(2)23-17-25-71(5)27-19-29-73(7)31-21-53-99(15)55-45-87-79(13)95(75(9)77(11)97(87)115-99)113-91(105)43-41-89(103)111-85-37-33-83(34-38-85)67-93(107)109-63-51-81-47-57-101(58-48-81)61-65-117-118-66-62-102-59-49-82(50-60-102)52-64-110-94(108)68-84-35-39-86(40-36-84)112-90(104)42-44-92(106)114-96-76(10)78(12)98-88(80(96)14)46-56-100(16,116-98)54-22-32-74(8)30-20-28-72(6)26-18-24-70(3)4/h33-40,69-74,81-82H,17-32,41-68H2,1-16H3. The van der Waals surface area contributed by atoms with Gasteiger partial charge in [0.2, 0.25) is 0 Å². The Hall–Kier alpha value is -6.08. The maximum absolute atomic E-state index is 13.2. The van der Waals surface area contributed by atoms with E-state index < -0.39 is 23.9 Å². The maximum atomic E-state index is 13.2. The molecule has 2 saturated heterocycles. The van der Waals surface area contributed by atoms with E-state index in [1.165, 1.54) is 89.9 Å². The van der Waals surface area contributed by atoms with Crippen molar-refractivity contribution in [2.24, 2.45) is 47.3 Å². The molecule has 6 atom stereocenters. The third-order valence-corrected chi connectivity index (χ3v) is 28.6. The quantitative estimate of drug-likeness (QED) is 0.0176. The van der Waals surface area contributed by atoms with E-state index in [4.69, 9.17) is 37.9 Å². The van der Waals surface area contributed by atoms with Gasteiger partial charge in [0.15, 0.2) is 0 Å². The van der Waals surface area contributed by atoms with E-state index >= 15 is 0 Å². The number of likely N-dealkylation sites (tertiary alicyclic amines) is 2. The van der Waals surface area contributed by atoms with E-state index in [0.717, 1.165) is 231 Å². The fourth-order valence-electron chi connectivity index (χ4n) is 17.8. The van der Waals surface area contributed by atoms with Gasteiger partial charge >= 0.3 is 35.8 Å². The predicted octanol–water partition coefficient (Wildman–Crippen LogP) is 23.6. The van der Waals surface area contributed by atoms with Gasteiger partial charge in [-0.15, -0.1) is 0 Å². The number of esters is 6. The predicted molar refractivity (Wildman–Crippen MR) is 481 cm³/mol. The molecule has 658 valence electrons. The fourth-order valence-corrected chi connectivity index (χ4v) is 19.9. The van der Waals surface area contributed by atoms with Crippen molar-refractivity contribution in [3.63, 3.8) is 0 Å². The molecule has 0 amide bonds. The van der Waals surface area contributed by atoms with Gasteiger partial charge < -0.3 is 47.7 Å². The van der Waals surface area contributed by atoms with Crippen LogP contribution in [-0.4, -0.2) is 121 Å². The van der Waals surface area contributed by atoms with E-state index in [9.17, 15) is 28.8 Å². The van der Waals surface area contributed by atoms with Crippen molar-refractivity contribution in [2.75, 3.05) is 64.0 Å². The normalized spacial score (nSPS) is 18.4. The molecule has 6 unspecified atom stereocenters. The number of carbonyl (C=O) groups excluding carboxylic acids is 6. The Morgan fingerprint density at radius 1 is 0.407 bits per heavy atom. The van der Waals surface area contributed by atoms with Crippen molar-refractivity contribution < 1.29 is 66.7 Å². The minimum Gasteiger partial charge on any atom is -0.487 e. The van der Waals surface area contributed by atoms with E-state index in [2.05, 4.69) is 79.0 Å². The molecule has 0 bridgehead atoms. The van der Waals surface area contributed by atoms with Crippen LogP contribution in [0.15, 0.2) is 48.5 Å². The molecule has 16 nitrogen and oxygen atoms in total. The summed E-state index contributed by atoms with van der Waals surface area (Å²) in [5.74, 6) is 8.95. The number of hydrogen-bond acceptors (Lipinski definition) is 18. The molecule has 0 N–H and O–H groups in total. The Labute approximate surface area is 719 Å². The van der Waals surface area contributed by atoms with Gasteiger partial charge in [-0.05, 0) is 288 Å². The number of ether oxygens (including phenoxy) is 8. The highest BCUT2D eigenvalue weighted by Gasteiger charge is 2.38. The fraction of sp³-hybridized carbons (Fsp3) is 0.700. The number of carbonyl (C=O) groups is 6. The van der Waals surface area contributed by atoms with Crippen molar-refractivity contribution in [1.82, 2.24) is 9.80 Å². The lowest BCUT2D eigenvalue weighted by Crippen LogP contribution is -2.37. The van der Waals surface area contributed by atoms with Gasteiger partial charge in [-0.25, -0.2) is 0 Å². The Balaban J connectivity index is 0.594. The topological polar surface area (TPSA) is 183 Å². The van der Waals surface area contributed by atoms with Crippen molar-refractivity contribution in [2.45, 2.75) is 340 Å². The van der Waals surface area contributed by atoms with E-state index in [1.807, 2.05) is 63.1 Å². The molecule has 0 spiro atoms. The van der Waals surface area contributed by atoms with Crippen LogP contribution in [0.25, 0.3) is 0 Å². The average Bonchev–Trinajstić information content (AvgIpc) is 0.763. The van der Waals surface area contributed by atoms with Crippen molar-refractivity contribution in [3.8, 4) is 34.5 Å². The van der Waals surface area contributed by atoms with Crippen molar-refractivity contribution >= 4 is 57.4 Å². The summed E-state index contributed by atoms with van der Waals surface area (Å²) in [6.07, 6.45) is 32.1. The molecule has 8 rings (SSSR count). The zero-order chi connectivity index (χ0) is 85.3. The number of piperidine rings is 2. The van der Waals surface area contributed by atoms with Gasteiger partial charge in [-0.3, -0.25) is 28.8 Å². The van der Waals surface area contributed by atoms with E-state index in [0.29, 0.717) is 59.9 Å². The molecule has 4 aliphatic heterocycles. The summed E-state index contributed by atoms with van der Waals surface area (Å²) in [6.45, 7) is 42.7. The van der Waals surface area contributed by atoms with Gasteiger partial charge in [0, 0.05) is 35.7 Å². The number of rotatable bonds is 51. The first kappa shape index (κ1) is 97.4. The monoisotopic (exact) mass is 1670 g/mol. The first-order valence-corrected chi connectivity index (χ1v) is 48.5. The highest BCUT2D eigenvalue weighted by Crippen LogP contribution is 2.48. The highest BCUT2D eigenvalue weighted by molar-refractivity contribution is 8.76. The van der Waals surface area contributed by atoms with Crippen LogP contribution in [0.3, 0.4) is 0 Å². The first-order chi connectivity index (χ1) is 56.4. The molecule has 0 radical (unpaired) electrons. The smallest absolute Gasteiger partial charge is 0.311 e. The lowest BCUT2D eigenvalue weighted by Gasteiger charge is -2.38. The van der Waals surface area contributed by atoms with Crippen molar-refractivity contribution in [3.05, 3.63) is 104 Å². The van der Waals surface area contributed by atoms with Gasteiger partial charge in [0.1, 0.15) is 45.7 Å². The molecule has 18 heteroatoms. The van der Waals surface area contributed by atoms with E-state index in [1.54, 1.807) is 48.5 Å². The molecule has 2 fully saturated rings. The summed E-state index contributed by atoms with van der Waals surface area (Å²) in [7, 11) is 3.92. The van der Waals surface area contributed by atoms with Crippen molar-refractivity contribution in [1.29, 1.82) is 0 Å². The molecule has 4 heterocycles. The zero-order valence-electron chi connectivity index (χ0n) is 75.8. The zero-order valence-corrected chi connectivity index (χ0v) is 77.4. The molecular weight excluding hydrogens is 1520 g/mol. The summed E-state index contributed by atoms with van der Waals surface area (Å²) < 4.78 is 48.2. The minimum atomic E-state index is -0.537. The van der Waals surface area contributed by atoms with Crippen LogP contribution in [0, 0.1) is 88.9 Å². The lowest BCUT2D eigenvalue weighted by molar-refractivity contribution is -0.144. The lowest BCUT2D eigenvalue weighted by atomic mass is 9.83. The number of hydrogen-bond donors (Lipinski definition) is 0. The van der Waals surface area contributed by atoms with Crippen LogP contribution in [0.2, 0.25) is 0 Å². The third kappa shape index (κ3) is 33.6. The van der Waals surface area contributed by atoms with Gasteiger partial charge in [-0.2, -0.15) is 0 Å². The molecule has 0 aromatic heterocycles. The third-order valence-electron chi connectivity index (χ3n) is 26.2. The number of benzene rings is 4. The molecule has 4 aliphatic rings. The van der Waals surface area contributed by atoms with Crippen LogP contribution >= 0.6 is 21.6 Å². The molecule has 0 saturated carbocycles. The van der Waals surface area contributed by atoms with Crippen LogP contribution in [0.5, 0.6) is 34.5 Å². The summed E-state index contributed by atoms with van der Waals surface area (Å²) in [6, 6.07) is 13.7. The van der Waals surface area contributed by atoms with Gasteiger partial charge in [0.05, 0.1) is 51.7 Å². The second kappa shape index (κ2) is 49.9. The number of nitrogens with zero attached hydrogens (tertiary/aromatic N) is 2. The first-order valence-electron chi connectivity index (χ1n) is 46.0. The Kier molecular flexibility index (Phi) is 41.2. The molecular formula is C100H152N2O14S2. The molecule has 4 aromatic carbocycles. The van der Waals surface area contributed by atoms with Crippen LogP contribution in [0.1, 0.15) is 317 Å². The number of fused-ring (bicyclic) bond motifs is 2. The van der Waals surface area contributed by atoms with Crippen LogP contribution in [-0.2, 0) is 63.9 Å². The summed E-state index contributed by atoms with van der Waals surface area (Å²) in [5.41, 5.74) is 8.83. The van der Waals surface area contributed by atoms with E-state index in [-0.39, 0.29) is 61.7 Å². The summed E-state index contributed by atoms with van der Waals surface area (Å²) in [5, 5.41) is 0.